The number of hydrogen-bond acceptors (Lipinski definition) is 2. The number of nitrogens with one attached hydrogen (secondary N) is 2. The Morgan fingerprint density at radius 2 is 1.71 bits per heavy atom. The van der Waals surface area contributed by atoms with Crippen LogP contribution in [-0.2, 0) is 12.0 Å². The van der Waals surface area contributed by atoms with Crippen LogP contribution in [0.2, 0.25) is 0 Å². The molecule has 3 rings (SSSR count). The molecule has 3 heteroatoms. The lowest BCUT2D eigenvalue weighted by atomic mass is 9.86. The Labute approximate surface area is 143 Å². The summed E-state index contributed by atoms with van der Waals surface area (Å²) in [5.74, 6) is -0.195. The molecule has 0 saturated carbocycles. The molecule has 1 unspecified atom stereocenters. The average molecular weight is 324 g/mol. The van der Waals surface area contributed by atoms with Crippen molar-refractivity contribution in [3.63, 3.8) is 0 Å². The van der Waals surface area contributed by atoms with Crippen molar-refractivity contribution < 1.29 is 4.39 Å². The summed E-state index contributed by atoms with van der Waals surface area (Å²) in [5.41, 5.74) is 5.07. The van der Waals surface area contributed by atoms with Gasteiger partial charge in [-0.1, -0.05) is 57.2 Å². The third kappa shape index (κ3) is 4.04. The molecule has 0 aliphatic carbocycles. The lowest BCUT2D eigenvalue weighted by Gasteiger charge is -2.20. The Bertz CT molecular complexity index is 709. The van der Waals surface area contributed by atoms with Gasteiger partial charge < -0.3 is 10.6 Å². The first-order chi connectivity index (χ1) is 11.4. The fraction of sp³-hybridized carbons (Fsp3) is 0.333. The molecule has 1 atom stereocenters. The third-order valence-electron chi connectivity index (χ3n) is 4.45. The molecule has 0 saturated heterocycles. The maximum Gasteiger partial charge on any atom is 0.123 e. The first-order valence-electron chi connectivity index (χ1n) is 8.45. The summed E-state index contributed by atoms with van der Waals surface area (Å²) in [5, 5.41) is 6.94. The average Bonchev–Trinajstić information content (AvgIpc) is 3.03. The van der Waals surface area contributed by atoms with Gasteiger partial charge in [0.2, 0.25) is 0 Å². The maximum atomic E-state index is 12.9. The van der Waals surface area contributed by atoms with E-state index in [-0.39, 0.29) is 17.3 Å². The lowest BCUT2D eigenvalue weighted by molar-refractivity contribution is 0.589. The van der Waals surface area contributed by atoms with Crippen LogP contribution in [0, 0.1) is 5.82 Å². The highest BCUT2D eigenvalue weighted by atomic mass is 19.1. The lowest BCUT2D eigenvalue weighted by Crippen LogP contribution is -2.19. The van der Waals surface area contributed by atoms with E-state index in [0.717, 1.165) is 12.1 Å². The van der Waals surface area contributed by atoms with Crippen LogP contribution < -0.4 is 10.6 Å². The molecule has 0 aromatic heterocycles. The van der Waals surface area contributed by atoms with Crippen LogP contribution in [0.15, 0.2) is 60.3 Å². The van der Waals surface area contributed by atoms with E-state index in [1.165, 1.54) is 29.0 Å². The minimum Gasteiger partial charge on any atom is -0.383 e. The van der Waals surface area contributed by atoms with Gasteiger partial charge in [-0.15, -0.1) is 0 Å². The molecule has 0 radical (unpaired) electrons. The molecular weight excluding hydrogens is 299 g/mol. The van der Waals surface area contributed by atoms with E-state index in [2.05, 4.69) is 61.7 Å². The van der Waals surface area contributed by atoms with Gasteiger partial charge in [0.15, 0.2) is 0 Å². The molecule has 2 aromatic carbocycles. The molecule has 0 spiro atoms. The number of hydrogen-bond donors (Lipinski definition) is 2. The van der Waals surface area contributed by atoms with Gasteiger partial charge in [0.05, 0.1) is 6.04 Å². The summed E-state index contributed by atoms with van der Waals surface area (Å²) in [6, 6.07) is 15.7. The topological polar surface area (TPSA) is 24.1 Å². The van der Waals surface area contributed by atoms with Crippen molar-refractivity contribution in [3.05, 3.63) is 82.8 Å². The van der Waals surface area contributed by atoms with E-state index >= 15 is 0 Å². The van der Waals surface area contributed by atoms with Gasteiger partial charge >= 0.3 is 0 Å². The third-order valence-corrected chi connectivity index (χ3v) is 4.45. The number of rotatable bonds is 4. The van der Waals surface area contributed by atoms with Crippen molar-refractivity contribution in [2.24, 2.45) is 0 Å². The van der Waals surface area contributed by atoms with E-state index in [0.29, 0.717) is 6.54 Å². The van der Waals surface area contributed by atoms with Crippen LogP contribution in [0.3, 0.4) is 0 Å². The summed E-state index contributed by atoms with van der Waals surface area (Å²) in [7, 11) is 0. The Morgan fingerprint density at radius 3 is 2.33 bits per heavy atom. The summed E-state index contributed by atoms with van der Waals surface area (Å²) in [6.45, 7) is 8.23. The monoisotopic (exact) mass is 324 g/mol. The molecule has 1 aliphatic rings. The summed E-state index contributed by atoms with van der Waals surface area (Å²) >= 11 is 0. The standard InChI is InChI=1S/C21H25FN2/c1-21(2,3)17-8-6-16(7-9-17)20-12-19(14-24-20)23-13-15-4-10-18(22)11-5-15/h4-12,20,23-24H,13-14H2,1-3H3. The number of benzene rings is 2. The highest BCUT2D eigenvalue weighted by Crippen LogP contribution is 2.26. The quantitative estimate of drug-likeness (QED) is 0.869. The van der Waals surface area contributed by atoms with Crippen molar-refractivity contribution >= 4 is 0 Å². The highest BCUT2D eigenvalue weighted by Gasteiger charge is 2.18. The Balaban J connectivity index is 1.61. The zero-order valence-electron chi connectivity index (χ0n) is 14.6. The molecule has 0 amide bonds. The highest BCUT2D eigenvalue weighted by molar-refractivity contribution is 5.33. The van der Waals surface area contributed by atoms with Gasteiger partial charge in [-0.05, 0) is 40.3 Å². The number of halogens is 1. The first-order valence-corrected chi connectivity index (χ1v) is 8.45. The minimum absolute atomic E-state index is 0.180. The Kier molecular flexibility index (Phi) is 4.72. The van der Waals surface area contributed by atoms with Gasteiger partial charge in [0.1, 0.15) is 5.82 Å². The predicted octanol–water partition coefficient (Wildman–Crippen LogP) is 4.44. The van der Waals surface area contributed by atoms with Gasteiger partial charge in [0, 0.05) is 18.8 Å². The fourth-order valence-electron chi connectivity index (χ4n) is 2.88. The molecule has 1 heterocycles. The second-order valence-corrected chi connectivity index (χ2v) is 7.40. The molecular formula is C21H25FN2. The SMILES string of the molecule is CC(C)(C)c1ccc(C2C=C(NCc3ccc(F)cc3)CN2)cc1. The summed E-state index contributed by atoms with van der Waals surface area (Å²) < 4.78 is 12.9. The van der Waals surface area contributed by atoms with Crippen molar-refractivity contribution in [1.29, 1.82) is 0 Å². The van der Waals surface area contributed by atoms with Crippen LogP contribution in [0.4, 0.5) is 4.39 Å². The Morgan fingerprint density at radius 1 is 1.04 bits per heavy atom. The molecule has 24 heavy (non-hydrogen) atoms. The van der Waals surface area contributed by atoms with Gasteiger partial charge in [-0.25, -0.2) is 4.39 Å². The van der Waals surface area contributed by atoms with Gasteiger partial charge in [0.25, 0.3) is 0 Å². The molecule has 0 bridgehead atoms. The summed E-state index contributed by atoms with van der Waals surface area (Å²) in [4.78, 5) is 0. The van der Waals surface area contributed by atoms with E-state index < -0.39 is 0 Å². The fourth-order valence-corrected chi connectivity index (χ4v) is 2.88. The van der Waals surface area contributed by atoms with Crippen LogP contribution >= 0.6 is 0 Å². The molecule has 2 nitrogen and oxygen atoms in total. The van der Waals surface area contributed by atoms with Crippen LogP contribution in [0.25, 0.3) is 0 Å². The molecule has 1 aliphatic heterocycles. The van der Waals surface area contributed by atoms with Gasteiger partial charge in [-0.2, -0.15) is 0 Å². The smallest absolute Gasteiger partial charge is 0.123 e. The molecule has 126 valence electrons. The van der Waals surface area contributed by atoms with Crippen LogP contribution in [0.5, 0.6) is 0 Å². The van der Waals surface area contributed by atoms with E-state index in [9.17, 15) is 4.39 Å². The van der Waals surface area contributed by atoms with E-state index in [1.807, 2.05) is 12.1 Å². The van der Waals surface area contributed by atoms with E-state index in [4.69, 9.17) is 0 Å². The molecule has 0 fully saturated rings. The second kappa shape index (κ2) is 6.78. The van der Waals surface area contributed by atoms with Crippen molar-refractivity contribution in [2.45, 2.75) is 38.8 Å². The largest absolute Gasteiger partial charge is 0.383 e. The van der Waals surface area contributed by atoms with Crippen molar-refractivity contribution in [1.82, 2.24) is 10.6 Å². The molecule has 2 N–H and O–H groups in total. The van der Waals surface area contributed by atoms with Crippen molar-refractivity contribution in [3.8, 4) is 0 Å². The maximum absolute atomic E-state index is 12.9. The predicted molar refractivity (Wildman–Crippen MR) is 97.2 cm³/mol. The van der Waals surface area contributed by atoms with E-state index in [1.54, 1.807) is 0 Å². The van der Waals surface area contributed by atoms with Gasteiger partial charge in [-0.3, -0.25) is 0 Å². The zero-order chi connectivity index (χ0) is 17.2. The second-order valence-electron chi connectivity index (χ2n) is 7.40. The zero-order valence-corrected chi connectivity index (χ0v) is 14.6. The Hall–Kier alpha value is -2.13. The summed E-state index contributed by atoms with van der Waals surface area (Å²) in [6.07, 6.45) is 2.23. The van der Waals surface area contributed by atoms with Crippen molar-refractivity contribution in [2.75, 3.05) is 6.54 Å². The molecule has 2 aromatic rings. The minimum atomic E-state index is -0.195. The van der Waals surface area contributed by atoms with Crippen LogP contribution in [0.1, 0.15) is 43.5 Å². The normalized spacial score (nSPS) is 17.7. The van der Waals surface area contributed by atoms with Crippen LogP contribution in [-0.4, -0.2) is 6.54 Å². The first kappa shape index (κ1) is 16.7.